The molecule has 1 saturated heterocycles. The number of carbonyl (C=O) groups excluding carboxylic acids is 12. The maximum Gasteiger partial charge on any atom is 0.329 e. The molecule has 24 heteroatoms. The lowest BCUT2D eigenvalue weighted by Gasteiger charge is -2.32. The van der Waals surface area contributed by atoms with Crippen molar-refractivity contribution >= 4 is 71.3 Å². The van der Waals surface area contributed by atoms with E-state index in [4.69, 9.17) is 28.4 Å². The summed E-state index contributed by atoms with van der Waals surface area (Å²) in [5.74, 6) is -19.8. The molecule has 1 aliphatic rings. The third-order valence-electron chi connectivity index (χ3n) is 14.0. The molecule has 0 unspecified atom stereocenters. The smallest absolute Gasteiger partial charge is 0.329 e. The Morgan fingerprint density at radius 3 is 0.357 bits per heavy atom. The van der Waals surface area contributed by atoms with Crippen LogP contribution in [0.3, 0.4) is 0 Å². The Hall–Kier alpha value is -6.36. The van der Waals surface area contributed by atoms with Crippen molar-refractivity contribution in [3.8, 4) is 0 Å². The zero-order valence-electron chi connectivity index (χ0n) is 54.2. The standard InChI is InChI=1S/C60H102N6O18/c1-25(2)37-55(73)79-44(32(15)16)50(68)62-39(27(5)6)57(75)81-46(34(19)20)52(70)64-41(29(9)10)59(77)83-48(36(23)24)54(72)66-42(30(11)12)60(78)84-47(35(21)22)53(71)65-40(28(7)8)58(76)82-45(33(17)18)51(69)63-38(26(3)4)56(74)80-43(31(13)14)49(67)61-37/h25-48H,1-24H3,(H,61,67)(H,62,68)(H,63,69)(H,64,70)(H,65,71)(H,66,72)/t37-,38+,39+,40-,41-,42+,43-,44-,45+,46+,47-,48+/m1/s1. The summed E-state index contributed by atoms with van der Waals surface area (Å²) in [4.78, 5) is 169. The minimum absolute atomic E-state index is 0.661. The highest BCUT2D eigenvalue weighted by atomic mass is 16.6. The van der Waals surface area contributed by atoms with Crippen molar-refractivity contribution in [2.45, 2.75) is 239 Å². The van der Waals surface area contributed by atoms with E-state index >= 15 is 0 Å². The van der Waals surface area contributed by atoms with E-state index < -0.39 is 215 Å². The van der Waals surface area contributed by atoms with E-state index in [0.717, 1.165) is 0 Å². The van der Waals surface area contributed by atoms with E-state index in [1.54, 1.807) is 166 Å². The van der Waals surface area contributed by atoms with Crippen LogP contribution in [0, 0.1) is 71.0 Å². The van der Waals surface area contributed by atoms with Crippen LogP contribution in [0.2, 0.25) is 0 Å². The van der Waals surface area contributed by atoms with Gasteiger partial charge in [-0.25, -0.2) is 28.8 Å². The largest absolute Gasteiger partial charge is 0.450 e. The van der Waals surface area contributed by atoms with Crippen molar-refractivity contribution in [2.75, 3.05) is 0 Å². The molecule has 0 radical (unpaired) electrons. The molecule has 12 atom stereocenters. The van der Waals surface area contributed by atoms with Crippen LogP contribution in [0.1, 0.15) is 166 Å². The fourth-order valence-corrected chi connectivity index (χ4v) is 8.54. The Labute approximate surface area is 497 Å². The monoisotopic (exact) mass is 1190 g/mol. The summed E-state index contributed by atoms with van der Waals surface area (Å²) >= 11 is 0. The van der Waals surface area contributed by atoms with Gasteiger partial charge in [0.2, 0.25) is 0 Å². The molecule has 24 nitrogen and oxygen atoms in total. The van der Waals surface area contributed by atoms with E-state index in [1.807, 2.05) is 0 Å². The number of esters is 6. The molecule has 84 heavy (non-hydrogen) atoms. The van der Waals surface area contributed by atoms with Gasteiger partial charge in [0.05, 0.1) is 0 Å². The Bertz CT molecular complexity index is 1730. The Balaban J connectivity index is 4.10. The fraction of sp³-hybridized carbons (Fsp3) is 0.800. The fourth-order valence-electron chi connectivity index (χ4n) is 8.54. The van der Waals surface area contributed by atoms with Crippen molar-refractivity contribution in [3.05, 3.63) is 0 Å². The maximum atomic E-state index is 14.1. The van der Waals surface area contributed by atoms with Crippen LogP contribution in [0.4, 0.5) is 0 Å². The van der Waals surface area contributed by atoms with Gasteiger partial charge in [0.25, 0.3) is 35.4 Å². The second-order valence-electron chi connectivity index (χ2n) is 26.0. The minimum Gasteiger partial charge on any atom is -0.450 e. The molecule has 1 fully saturated rings. The summed E-state index contributed by atoms with van der Waals surface area (Å²) in [6.07, 6.45) is -9.25. The third kappa shape index (κ3) is 22.2. The molecule has 1 heterocycles. The number of cyclic esters (lactones) is 6. The van der Waals surface area contributed by atoms with E-state index in [1.165, 1.54) is 0 Å². The number of ether oxygens (including phenoxy) is 6. The quantitative estimate of drug-likeness (QED) is 0.117. The van der Waals surface area contributed by atoms with Gasteiger partial charge in [0, 0.05) is 0 Å². The van der Waals surface area contributed by atoms with Crippen molar-refractivity contribution in [1.82, 2.24) is 31.9 Å². The summed E-state index contributed by atoms with van der Waals surface area (Å²) in [6.45, 7) is 38.3. The van der Waals surface area contributed by atoms with Crippen molar-refractivity contribution in [1.29, 1.82) is 0 Å². The van der Waals surface area contributed by atoms with Crippen LogP contribution >= 0.6 is 0 Å². The highest BCUT2D eigenvalue weighted by Gasteiger charge is 2.44. The van der Waals surface area contributed by atoms with Gasteiger partial charge in [0.15, 0.2) is 36.6 Å². The summed E-state index contributed by atoms with van der Waals surface area (Å²) in [7, 11) is 0. The first-order valence-electron chi connectivity index (χ1n) is 29.6. The Morgan fingerprint density at radius 2 is 0.286 bits per heavy atom. The predicted molar refractivity (Wildman–Crippen MR) is 309 cm³/mol. The number of carbonyl (C=O) groups is 12. The topological polar surface area (TPSA) is 332 Å². The third-order valence-corrected chi connectivity index (χ3v) is 14.0. The van der Waals surface area contributed by atoms with Gasteiger partial charge in [-0.2, -0.15) is 0 Å². The molecule has 480 valence electrons. The second kappa shape index (κ2) is 34.0. The first kappa shape index (κ1) is 75.7. The normalized spacial score (nSPS) is 27.9. The highest BCUT2D eigenvalue weighted by molar-refractivity contribution is 5.96. The van der Waals surface area contributed by atoms with E-state index in [2.05, 4.69) is 31.9 Å². The molecule has 6 amide bonds. The van der Waals surface area contributed by atoms with Crippen LogP contribution in [-0.2, 0) is 86.0 Å². The first-order valence-corrected chi connectivity index (χ1v) is 29.6. The molecule has 0 aliphatic carbocycles. The van der Waals surface area contributed by atoms with Crippen LogP contribution < -0.4 is 31.9 Å². The molecule has 0 saturated carbocycles. The number of amides is 6. The molecule has 6 N–H and O–H groups in total. The number of hydrogen-bond donors (Lipinski definition) is 6. The summed E-state index contributed by atoms with van der Waals surface area (Å²) < 4.78 is 34.7. The van der Waals surface area contributed by atoms with Crippen molar-refractivity contribution in [3.63, 3.8) is 0 Å². The molecule has 1 rings (SSSR count). The van der Waals surface area contributed by atoms with Crippen molar-refractivity contribution < 1.29 is 86.0 Å². The van der Waals surface area contributed by atoms with Gasteiger partial charge in [-0.1, -0.05) is 166 Å². The van der Waals surface area contributed by atoms with Crippen LogP contribution in [-0.4, -0.2) is 144 Å². The van der Waals surface area contributed by atoms with Crippen LogP contribution in [0.5, 0.6) is 0 Å². The average molecular weight is 1200 g/mol. The van der Waals surface area contributed by atoms with Crippen LogP contribution in [0.25, 0.3) is 0 Å². The Morgan fingerprint density at radius 1 is 0.190 bits per heavy atom. The van der Waals surface area contributed by atoms with Gasteiger partial charge in [0.1, 0.15) is 36.3 Å². The number of nitrogens with one attached hydrogen (secondary N) is 6. The Kier molecular flexibility index (Phi) is 30.6. The summed E-state index contributed by atoms with van der Waals surface area (Å²) in [5.41, 5.74) is 0. The molecule has 0 aromatic carbocycles. The van der Waals surface area contributed by atoms with Gasteiger partial charge < -0.3 is 60.3 Å². The van der Waals surface area contributed by atoms with E-state index in [0.29, 0.717) is 0 Å². The molecule has 0 spiro atoms. The molecule has 1 aliphatic heterocycles. The average Bonchev–Trinajstić information content (AvgIpc) is 3.59. The number of hydrogen-bond acceptors (Lipinski definition) is 18. The van der Waals surface area contributed by atoms with Gasteiger partial charge in [-0.05, 0) is 71.0 Å². The van der Waals surface area contributed by atoms with Gasteiger partial charge >= 0.3 is 35.8 Å². The minimum atomic E-state index is -1.54. The highest BCUT2D eigenvalue weighted by Crippen LogP contribution is 2.22. The zero-order chi connectivity index (χ0) is 65.3. The second-order valence-corrected chi connectivity index (χ2v) is 26.0. The number of rotatable bonds is 12. The SMILES string of the molecule is CC(C)[C@@H]1NC(=O)[C@@H](C(C)C)OC(=O)[C@@H](C(C)C)NC(=O)[C@@H](C(C)C)OC(=O)[C@H](C(C)C)NC(=O)[C@H](C(C)C)OC(=O)[C@@H](C(C)C)NC(=O)[C@@H](C(C)C)OC(=O)[C@H](C(C)C)NC(=O)[C@H](C(C)C)OC(=O)[C@@H](C(C)C)NC(=O)[C@H](C(C)C)OC1=O. The molecule has 0 aromatic heterocycles. The lowest BCUT2D eigenvalue weighted by molar-refractivity contribution is -0.169. The summed E-state index contributed by atoms with van der Waals surface area (Å²) in [6, 6.07) is -8.47. The van der Waals surface area contributed by atoms with Gasteiger partial charge in [-0.15, -0.1) is 0 Å². The lowest BCUT2D eigenvalue weighted by atomic mass is 9.99. The van der Waals surface area contributed by atoms with Crippen molar-refractivity contribution in [2.24, 2.45) is 71.0 Å². The van der Waals surface area contributed by atoms with E-state index in [-0.39, 0.29) is 0 Å². The van der Waals surface area contributed by atoms with Gasteiger partial charge in [-0.3, -0.25) is 28.8 Å². The molecular weight excluding hydrogens is 1090 g/mol. The molecule has 0 bridgehead atoms. The molecular formula is C60H102N6O18. The van der Waals surface area contributed by atoms with E-state index in [9.17, 15) is 57.5 Å². The van der Waals surface area contributed by atoms with Crippen LogP contribution in [0.15, 0.2) is 0 Å². The first-order chi connectivity index (χ1) is 38.6. The predicted octanol–water partition coefficient (Wildman–Crippen LogP) is 4.25. The molecule has 0 aromatic rings. The lowest BCUT2D eigenvalue weighted by Crippen LogP contribution is -2.57. The maximum absolute atomic E-state index is 14.1. The summed E-state index contributed by atoms with van der Waals surface area (Å²) in [5, 5.41) is 15.6. The zero-order valence-corrected chi connectivity index (χ0v) is 54.2.